The number of hydrogen-bond donors (Lipinski definition) is 0. The van der Waals surface area contributed by atoms with E-state index in [9.17, 15) is 13.6 Å². The van der Waals surface area contributed by atoms with Crippen molar-refractivity contribution in [2.24, 2.45) is 0 Å². The third-order valence-corrected chi connectivity index (χ3v) is 5.40. The van der Waals surface area contributed by atoms with Gasteiger partial charge in [-0.05, 0) is 60.4 Å². The Bertz CT molecular complexity index is 1040. The molecule has 0 N–H and O–H groups in total. The van der Waals surface area contributed by atoms with Crippen molar-refractivity contribution in [2.45, 2.75) is 65.2 Å². The topological polar surface area (TPSA) is 30.2 Å². The van der Waals surface area contributed by atoms with Crippen molar-refractivity contribution in [3.63, 3.8) is 0 Å². The lowest BCUT2D eigenvalue weighted by molar-refractivity contribution is 0.453. The molecule has 0 unspecified atom stereocenters. The molecule has 0 fully saturated rings. The SMILES string of the molecule is CCCCCCCc1cc2ccc(CCc3ccc(C)cc3F)c(F)c2c(=O)o1. The van der Waals surface area contributed by atoms with Crippen molar-refractivity contribution in [1.82, 2.24) is 0 Å². The summed E-state index contributed by atoms with van der Waals surface area (Å²) in [7, 11) is 0. The maximum absolute atomic E-state index is 15.0. The molecule has 0 amide bonds. The summed E-state index contributed by atoms with van der Waals surface area (Å²) in [5.74, 6) is -0.236. The van der Waals surface area contributed by atoms with Gasteiger partial charge in [-0.3, -0.25) is 0 Å². The predicted molar refractivity (Wildman–Crippen MR) is 113 cm³/mol. The largest absolute Gasteiger partial charge is 0.427 e. The normalized spacial score (nSPS) is 11.3. The minimum atomic E-state index is -0.632. The number of fused-ring (bicyclic) bond motifs is 1. The van der Waals surface area contributed by atoms with Crippen LogP contribution in [0.4, 0.5) is 8.78 Å². The molecule has 1 heterocycles. The van der Waals surface area contributed by atoms with E-state index in [4.69, 9.17) is 4.42 Å². The second-order valence-corrected chi connectivity index (χ2v) is 7.76. The molecule has 1 aromatic heterocycles. The van der Waals surface area contributed by atoms with Crippen molar-refractivity contribution in [3.05, 3.63) is 80.9 Å². The van der Waals surface area contributed by atoms with E-state index in [0.29, 0.717) is 41.5 Å². The van der Waals surface area contributed by atoms with Gasteiger partial charge in [-0.2, -0.15) is 0 Å². The molecule has 0 bridgehead atoms. The van der Waals surface area contributed by atoms with Crippen LogP contribution in [0.2, 0.25) is 0 Å². The van der Waals surface area contributed by atoms with E-state index in [0.717, 1.165) is 18.4 Å². The van der Waals surface area contributed by atoms with E-state index in [-0.39, 0.29) is 11.2 Å². The number of hydrogen-bond acceptors (Lipinski definition) is 2. The van der Waals surface area contributed by atoms with E-state index < -0.39 is 11.4 Å². The van der Waals surface area contributed by atoms with Gasteiger partial charge in [0.2, 0.25) is 0 Å². The molecular formula is C25H28F2O2. The van der Waals surface area contributed by atoms with Gasteiger partial charge in [0, 0.05) is 6.42 Å². The lowest BCUT2D eigenvalue weighted by Gasteiger charge is -2.08. The van der Waals surface area contributed by atoms with Crippen molar-refractivity contribution in [2.75, 3.05) is 0 Å². The molecule has 0 aliphatic heterocycles. The number of rotatable bonds is 9. The Morgan fingerprint density at radius 3 is 2.34 bits per heavy atom. The zero-order valence-electron chi connectivity index (χ0n) is 17.2. The summed E-state index contributed by atoms with van der Waals surface area (Å²) in [5, 5.41) is 0.550. The van der Waals surface area contributed by atoms with Gasteiger partial charge < -0.3 is 4.42 Å². The zero-order valence-corrected chi connectivity index (χ0v) is 17.2. The van der Waals surface area contributed by atoms with Crippen LogP contribution in [0.15, 0.2) is 45.6 Å². The fourth-order valence-electron chi connectivity index (χ4n) is 3.68. The fourth-order valence-corrected chi connectivity index (χ4v) is 3.68. The smallest absolute Gasteiger partial charge is 0.346 e. The van der Waals surface area contributed by atoms with E-state index in [2.05, 4.69) is 6.92 Å². The highest BCUT2D eigenvalue weighted by Gasteiger charge is 2.14. The van der Waals surface area contributed by atoms with Crippen molar-refractivity contribution < 1.29 is 13.2 Å². The quantitative estimate of drug-likeness (QED) is 0.376. The highest BCUT2D eigenvalue weighted by Crippen LogP contribution is 2.22. The summed E-state index contributed by atoms with van der Waals surface area (Å²) in [4.78, 5) is 12.4. The molecular weight excluding hydrogens is 370 g/mol. The maximum atomic E-state index is 15.0. The van der Waals surface area contributed by atoms with Gasteiger partial charge in [-0.15, -0.1) is 0 Å². The van der Waals surface area contributed by atoms with Crippen LogP contribution in [0.3, 0.4) is 0 Å². The Morgan fingerprint density at radius 2 is 1.59 bits per heavy atom. The minimum absolute atomic E-state index is 0.0124. The maximum Gasteiger partial charge on any atom is 0.346 e. The first kappa shape index (κ1) is 21.2. The molecule has 29 heavy (non-hydrogen) atoms. The second kappa shape index (κ2) is 9.82. The Kier molecular flexibility index (Phi) is 7.18. The Hall–Kier alpha value is -2.49. The summed E-state index contributed by atoms with van der Waals surface area (Å²) in [6.07, 6.45) is 7.00. The average molecular weight is 398 g/mol. The van der Waals surface area contributed by atoms with Gasteiger partial charge in [-0.25, -0.2) is 13.6 Å². The van der Waals surface area contributed by atoms with E-state index >= 15 is 0 Å². The van der Waals surface area contributed by atoms with E-state index in [1.54, 1.807) is 24.3 Å². The predicted octanol–water partition coefficient (Wildman–Crippen LogP) is 6.68. The van der Waals surface area contributed by atoms with Gasteiger partial charge >= 0.3 is 5.63 Å². The lowest BCUT2D eigenvalue weighted by atomic mass is 10.00. The number of benzene rings is 2. The molecule has 0 spiro atoms. The standard InChI is InChI=1S/C25H28F2O2/c1-3-4-5-6-7-8-21-16-20-14-13-19(24(27)23(20)25(28)29-21)12-11-18-10-9-17(2)15-22(18)26/h9-10,13-16H,3-8,11-12H2,1-2H3. The molecule has 0 atom stereocenters. The summed E-state index contributed by atoms with van der Waals surface area (Å²) in [6, 6.07) is 10.3. The Labute approximate surface area is 170 Å². The molecule has 2 nitrogen and oxygen atoms in total. The van der Waals surface area contributed by atoms with Gasteiger partial charge in [0.1, 0.15) is 22.8 Å². The monoisotopic (exact) mass is 398 g/mol. The Morgan fingerprint density at radius 1 is 0.862 bits per heavy atom. The van der Waals surface area contributed by atoms with Crippen molar-refractivity contribution >= 4 is 10.8 Å². The molecule has 2 aromatic carbocycles. The van der Waals surface area contributed by atoms with Gasteiger partial charge in [0.05, 0.1) is 0 Å². The van der Waals surface area contributed by atoms with Crippen LogP contribution in [0, 0.1) is 18.6 Å². The molecule has 4 heteroatoms. The van der Waals surface area contributed by atoms with Crippen molar-refractivity contribution in [1.29, 1.82) is 0 Å². The molecule has 0 radical (unpaired) electrons. The van der Waals surface area contributed by atoms with Crippen LogP contribution in [0.5, 0.6) is 0 Å². The second-order valence-electron chi connectivity index (χ2n) is 7.76. The molecule has 0 aliphatic carbocycles. The van der Waals surface area contributed by atoms with Crippen LogP contribution in [0.1, 0.15) is 61.5 Å². The van der Waals surface area contributed by atoms with Crippen LogP contribution in [-0.2, 0) is 19.3 Å². The lowest BCUT2D eigenvalue weighted by Crippen LogP contribution is -2.07. The minimum Gasteiger partial charge on any atom is -0.427 e. The first-order chi connectivity index (χ1) is 14.0. The first-order valence-corrected chi connectivity index (χ1v) is 10.5. The summed E-state index contributed by atoms with van der Waals surface area (Å²) in [6.45, 7) is 4.00. The molecule has 0 aliphatic rings. The first-order valence-electron chi connectivity index (χ1n) is 10.5. The van der Waals surface area contributed by atoms with Crippen LogP contribution < -0.4 is 5.63 Å². The third-order valence-electron chi connectivity index (χ3n) is 5.40. The highest BCUT2D eigenvalue weighted by molar-refractivity contribution is 5.82. The van der Waals surface area contributed by atoms with Gasteiger partial charge in [-0.1, -0.05) is 56.9 Å². The summed E-state index contributed by atoms with van der Waals surface area (Å²) < 4.78 is 34.4. The third kappa shape index (κ3) is 5.31. The summed E-state index contributed by atoms with van der Waals surface area (Å²) in [5.41, 5.74) is 1.16. The number of aryl methyl sites for hydroxylation is 4. The van der Waals surface area contributed by atoms with Gasteiger partial charge in [0.15, 0.2) is 0 Å². The Balaban J connectivity index is 1.75. The van der Waals surface area contributed by atoms with Crippen LogP contribution in [0.25, 0.3) is 10.8 Å². The fraction of sp³-hybridized carbons (Fsp3) is 0.400. The average Bonchev–Trinajstić information content (AvgIpc) is 2.68. The van der Waals surface area contributed by atoms with E-state index in [1.165, 1.54) is 25.3 Å². The molecule has 3 aromatic rings. The molecule has 3 rings (SSSR count). The number of halogens is 2. The molecule has 0 saturated carbocycles. The molecule has 154 valence electrons. The van der Waals surface area contributed by atoms with Crippen LogP contribution in [-0.4, -0.2) is 0 Å². The summed E-state index contributed by atoms with van der Waals surface area (Å²) >= 11 is 0. The van der Waals surface area contributed by atoms with Crippen molar-refractivity contribution in [3.8, 4) is 0 Å². The van der Waals surface area contributed by atoms with E-state index in [1.807, 2.05) is 13.0 Å². The zero-order chi connectivity index (χ0) is 20.8. The van der Waals surface area contributed by atoms with Gasteiger partial charge in [0.25, 0.3) is 0 Å². The highest BCUT2D eigenvalue weighted by atomic mass is 19.1. The van der Waals surface area contributed by atoms with Crippen LogP contribution >= 0.6 is 0 Å². The molecule has 0 saturated heterocycles. The number of unbranched alkanes of at least 4 members (excludes halogenated alkanes) is 4.